The largest absolute Gasteiger partial charge is 0.394 e. The van der Waals surface area contributed by atoms with Crippen molar-refractivity contribution in [3.8, 4) is 0 Å². The highest BCUT2D eigenvalue weighted by molar-refractivity contribution is 5.76. The Kier molecular flexibility index (Phi) is 54.8. The van der Waals surface area contributed by atoms with Crippen LogP contribution in [0.3, 0.4) is 0 Å². The van der Waals surface area contributed by atoms with E-state index in [1.807, 2.05) is 6.08 Å². The highest BCUT2D eigenvalue weighted by Gasteiger charge is 2.18. The number of rotatable bonds is 53. The van der Waals surface area contributed by atoms with Crippen molar-refractivity contribution in [3.05, 3.63) is 60.8 Å². The smallest absolute Gasteiger partial charge is 0.220 e. The first-order valence-electron chi connectivity index (χ1n) is 29.0. The number of nitrogens with one attached hydrogen (secondary N) is 1. The van der Waals surface area contributed by atoms with Crippen molar-refractivity contribution in [3.63, 3.8) is 0 Å². The average molecular weight is 909 g/mol. The van der Waals surface area contributed by atoms with Gasteiger partial charge in [0.05, 0.1) is 18.8 Å². The molecule has 0 aliphatic rings. The summed E-state index contributed by atoms with van der Waals surface area (Å²) in [6.07, 6.45) is 79.6. The van der Waals surface area contributed by atoms with Crippen LogP contribution in [0.4, 0.5) is 0 Å². The second kappa shape index (κ2) is 56.4. The molecule has 0 spiro atoms. The summed E-state index contributed by atoms with van der Waals surface area (Å²) in [4.78, 5) is 12.5. The lowest BCUT2D eigenvalue weighted by molar-refractivity contribution is -0.123. The normalized spacial score (nSPS) is 13.2. The average Bonchev–Trinajstić information content (AvgIpc) is 3.31. The highest BCUT2D eigenvalue weighted by Crippen LogP contribution is 2.16. The van der Waals surface area contributed by atoms with Crippen LogP contribution in [0.25, 0.3) is 0 Å². The van der Waals surface area contributed by atoms with E-state index in [-0.39, 0.29) is 12.5 Å². The van der Waals surface area contributed by atoms with Crippen molar-refractivity contribution in [1.82, 2.24) is 5.32 Å². The third kappa shape index (κ3) is 52.9. The summed E-state index contributed by atoms with van der Waals surface area (Å²) >= 11 is 0. The molecule has 3 N–H and O–H groups in total. The number of carbonyl (C=O) groups is 1. The van der Waals surface area contributed by atoms with Crippen LogP contribution in [-0.4, -0.2) is 34.9 Å². The number of hydrogen-bond acceptors (Lipinski definition) is 3. The van der Waals surface area contributed by atoms with Gasteiger partial charge in [-0.1, -0.05) is 280 Å². The van der Waals surface area contributed by atoms with E-state index in [1.54, 1.807) is 6.08 Å². The van der Waals surface area contributed by atoms with E-state index in [9.17, 15) is 15.0 Å². The molecule has 2 atom stereocenters. The van der Waals surface area contributed by atoms with E-state index in [2.05, 4.69) is 67.8 Å². The Hall–Kier alpha value is -1.91. The number of amides is 1. The topological polar surface area (TPSA) is 69.6 Å². The minimum atomic E-state index is -0.872. The maximum absolute atomic E-state index is 12.5. The van der Waals surface area contributed by atoms with Crippen molar-refractivity contribution < 1.29 is 15.0 Å². The van der Waals surface area contributed by atoms with E-state index >= 15 is 0 Å². The monoisotopic (exact) mass is 908 g/mol. The van der Waals surface area contributed by atoms with Crippen LogP contribution >= 0.6 is 0 Å². The zero-order chi connectivity index (χ0) is 47.0. The Labute approximate surface area is 406 Å². The molecule has 0 aromatic heterocycles. The van der Waals surface area contributed by atoms with Gasteiger partial charge in [0, 0.05) is 6.42 Å². The van der Waals surface area contributed by atoms with Gasteiger partial charge in [-0.25, -0.2) is 0 Å². The Bertz CT molecular complexity index is 1070. The van der Waals surface area contributed by atoms with E-state index in [1.165, 1.54) is 238 Å². The van der Waals surface area contributed by atoms with E-state index < -0.39 is 12.1 Å². The number of carbonyl (C=O) groups excluding carboxylic acids is 1. The predicted octanol–water partition coefficient (Wildman–Crippen LogP) is 19.2. The van der Waals surface area contributed by atoms with Crippen molar-refractivity contribution in [1.29, 1.82) is 0 Å². The molecule has 0 aromatic carbocycles. The summed E-state index contributed by atoms with van der Waals surface area (Å²) < 4.78 is 0. The maximum atomic E-state index is 12.5. The lowest BCUT2D eigenvalue weighted by Crippen LogP contribution is -2.45. The van der Waals surface area contributed by atoms with Crippen LogP contribution in [0.15, 0.2) is 60.8 Å². The Balaban J connectivity index is 3.51. The van der Waals surface area contributed by atoms with Crippen LogP contribution in [0.5, 0.6) is 0 Å². The molecule has 0 aliphatic heterocycles. The molecule has 1 amide bonds. The van der Waals surface area contributed by atoms with Crippen molar-refractivity contribution >= 4 is 5.91 Å². The fraction of sp³-hybridized carbons (Fsp3) is 0.820. The van der Waals surface area contributed by atoms with Crippen LogP contribution in [-0.2, 0) is 4.79 Å². The molecule has 0 fully saturated rings. The fourth-order valence-electron chi connectivity index (χ4n) is 8.77. The summed E-state index contributed by atoms with van der Waals surface area (Å²) in [6.45, 7) is 4.31. The summed E-state index contributed by atoms with van der Waals surface area (Å²) in [7, 11) is 0. The zero-order valence-electron chi connectivity index (χ0n) is 43.8. The van der Waals surface area contributed by atoms with Gasteiger partial charge in [0.15, 0.2) is 0 Å². The van der Waals surface area contributed by atoms with Gasteiger partial charge >= 0.3 is 0 Å². The molecule has 0 bridgehead atoms. The van der Waals surface area contributed by atoms with Gasteiger partial charge in [-0.3, -0.25) is 4.79 Å². The molecule has 0 saturated carbocycles. The van der Waals surface area contributed by atoms with Crippen molar-refractivity contribution in [2.45, 2.75) is 315 Å². The molecule has 380 valence electrons. The van der Waals surface area contributed by atoms with Crippen LogP contribution in [0.1, 0.15) is 303 Å². The number of aliphatic hydroxyl groups excluding tert-OH is 2. The summed E-state index contributed by atoms with van der Waals surface area (Å²) in [5, 5.41) is 23.1. The first kappa shape index (κ1) is 63.1. The van der Waals surface area contributed by atoms with Crippen molar-refractivity contribution in [2.24, 2.45) is 0 Å². The zero-order valence-corrected chi connectivity index (χ0v) is 43.8. The molecule has 0 heterocycles. The lowest BCUT2D eigenvalue weighted by Gasteiger charge is -2.19. The quantitative estimate of drug-likeness (QED) is 0.0421. The summed E-state index contributed by atoms with van der Waals surface area (Å²) in [5.41, 5.74) is 0. The SMILES string of the molecule is CCCCCCCCCCC/C=C\C/C=C\CCCCCCCCCCCCCCCCCCCC(=O)NC(CO)C(O)/C=C/CC/C=C/CC/C=C/CCCCCCCCCCCC. The Morgan fingerprint density at radius 2 is 0.646 bits per heavy atom. The molecule has 0 radical (unpaired) electrons. The van der Waals surface area contributed by atoms with Crippen LogP contribution in [0.2, 0.25) is 0 Å². The van der Waals surface area contributed by atoms with Gasteiger partial charge in [-0.05, 0) is 77.0 Å². The predicted molar refractivity (Wildman–Crippen MR) is 290 cm³/mol. The Morgan fingerprint density at radius 3 is 0.985 bits per heavy atom. The first-order valence-corrected chi connectivity index (χ1v) is 29.0. The van der Waals surface area contributed by atoms with Gasteiger partial charge in [-0.15, -0.1) is 0 Å². The number of hydrogen-bond donors (Lipinski definition) is 3. The maximum Gasteiger partial charge on any atom is 0.220 e. The minimum absolute atomic E-state index is 0.0754. The summed E-state index contributed by atoms with van der Waals surface area (Å²) in [5.74, 6) is -0.0754. The third-order valence-electron chi connectivity index (χ3n) is 13.2. The molecule has 0 saturated heterocycles. The molecule has 0 aliphatic carbocycles. The van der Waals surface area contributed by atoms with Crippen LogP contribution < -0.4 is 5.32 Å². The van der Waals surface area contributed by atoms with Gasteiger partial charge < -0.3 is 15.5 Å². The van der Waals surface area contributed by atoms with E-state index in [0.29, 0.717) is 6.42 Å². The molecular weight excluding hydrogens is 795 g/mol. The van der Waals surface area contributed by atoms with Gasteiger partial charge in [0.2, 0.25) is 5.91 Å². The minimum Gasteiger partial charge on any atom is -0.394 e. The van der Waals surface area contributed by atoms with E-state index in [4.69, 9.17) is 0 Å². The molecule has 0 rings (SSSR count). The molecule has 4 nitrogen and oxygen atoms in total. The number of allylic oxidation sites excluding steroid dienone is 9. The standard InChI is InChI=1S/C61H113NO3/c1-3-5-7-9-11-13-15-17-19-21-23-25-26-27-28-29-30-31-32-33-34-35-36-37-39-41-43-45-47-49-51-53-55-57-61(65)62-59(58-63)60(64)56-54-52-50-48-46-44-42-40-38-24-22-20-18-16-14-12-10-8-6-4-2/h23,25,27-28,38,40,46,48,54,56,59-60,63-64H,3-22,24,26,29-37,39,41-45,47,49-53,55,57-58H2,1-2H3,(H,62,65)/b25-23-,28-27-,40-38+,48-46+,56-54+. The third-order valence-corrected chi connectivity index (χ3v) is 13.2. The number of unbranched alkanes of at least 4 members (excludes halogenated alkanes) is 38. The van der Waals surface area contributed by atoms with Gasteiger partial charge in [0.25, 0.3) is 0 Å². The Morgan fingerprint density at radius 1 is 0.369 bits per heavy atom. The molecule has 0 aromatic rings. The molecule has 2 unspecified atom stereocenters. The molecule has 65 heavy (non-hydrogen) atoms. The van der Waals surface area contributed by atoms with Gasteiger partial charge in [0.1, 0.15) is 0 Å². The van der Waals surface area contributed by atoms with E-state index in [0.717, 1.165) is 44.9 Å². The lowest BCUT2D eigenvalue weighted by atomic mass is 10.0. The van der Waals surface area contributed by atoms with Crippen LogP contribution in [0, 0.1) is 0 Å². The highest BCUT2D eigenvalue weighted by atomic mass is 16.3. The molecule has 4 heteroatoms. The first-order chi connectivity index (χ1) is 32.2. The second-order valence-electron chi connectivity index (χ2n) is 19.7. The van der Waals surface area contributed by atoms with Crippen molar-refractivity contribution in [2.75, 3.05) is 6.61 Å². The second-order valence-corrected chi connectivity index (χ2v) is 19.7. The fourth-order valence-corrected chi connectivity index (χ4v) is 8.77. The summed E-state index contributed by atoms with van der Waals surface area (Å²) in [6, 6.07) is -0.647. The van der Waals surface area contributed by atoms with Gasteiger partial charge in [-0.2, -0.15) is 0 Å². The number of aliphatic hydroxyl groups is 2. The molecular formula is C61H113NO3.